The summed E-state index contributed by atoms with van der Waals surface area (Å²) >= 11 is 3.63. The smallest absolute Gasteiger partial charge is 0.128 e. The Labute approximate surface area is 284 Å². The molecular formula is C43H25F2NS2. The van der Waals surface area contributed by atoms with Gasteiger partial charge in [0.2, 0.25) is 0 Å². The van der Waals surface area contributed by atoms with Gasteiger partial charge < -0.3 is 4.90 Å². The summed E-state index contributed by atoms with van der Waals surface area (Å²) in [5, 5.41) is 2.29. The zero-order chi connectivity index (χ0) is 32.0. The minimum atomic E-state index is -0.611. The largest absolute Gasteiger partial charge is 0.310 e. The number of hydrogen-bond donors (Lipinski definition) is 0. The predicted octanol–water partition coefficient (Wildman–Crippen LogP) is 12.6. The van der Waals surface area contributed by atoms with Crippen LogP contribution in [0.5, 0.6) is 0 Å². The van der Waals surface area contributed by atoms with Crippen LogP contribution in [0.15, 0.2) is 161 Å². The number of benzene rings is 7. The lowest BCUT2D eigenvalue weighted by Gasteiger charge is -2.39. The molecular weight excluding hydrogens is 633 g/mol. The second-order valence-electron chi connectivity index (χ2n) is 12.4. The Balaban J connectivity index is 1.26. The first-order chi connectivity index (χ1) is 23.6. The van der Waals surface area contributed by atoms with E-state index < -0.39 is 17.0 Å². The average molecular weight is 658 g/mol. The molecule has 0 fully saturated rings. The van der Waals surface area contributed by atoms with Gasteiger partial charge in [0, 0.05) is 47.4 Å². The number of anilines is 3. The van der Waals surface area contributed by atoms with Crippen molar-refractivity contribution in [2.24, 2.45) is 0 Å². The molecule has 8 aromatic rings. The summed E-state index contributed by atoms with van der Waals surface area (Å²) in [6, 6.07) is 51.1. The molecule has 1 aromatic heterocycles. The van der Waals surface area contributed by atoms with Gasteiger partial charge in [-0.1, -0.05) is 96.7 Å². The summed E-state index contributed by atoms with van der Waals surface area (Å²) in [5.74, 6) is -1.22. The third kappa shape index (κ3) is 3.89. The van der Waals surface area contributed by atoms with E-state index >= 15 is 0 Å². The van der Waals surface area contributed by atoms with E-state index in [0.717, 1.165) is 22.8 Å². The summed E-state index contributed by atoms with van der Waals surface area (Å²) in [5.41, 5.74) is 9.40. The predicted molar refractivity (Wildman–Crippen MR) is 195 cm³/mol. The summed E-state index contributed by atoms with van der Waals surface area (Å²) in [7, 11) is 0. The van der Waals surface area contributed by atoms with E-state index in [2.05, 4.69) is 97.1 Å². The topological polar surface area (TPSA) is 3.24 Å². The van der Waals surface area contributed by atoms with Gasteiger partial charge in [0.15, 0.2) is 0 Å². The van der Waals surface area contributed by atoms with Crippen LogP contribution >= 0.6 is 23.1 Å². The van der Waals surface area contributed by atoms with Gasteiger partial charge in [-0.25, -0.2) is 8.78 Å². The third-order valence-corrected chi connectivity index (χ3v) is 12.1. The Hall–Kier alpha value is -5.23. The fourth-order valence-electron chi connectivity index (χ4n) is 7.95. The number of nitrogens with zero attached hydrogens (tertiary/aromatic N) is 1. The molecule has 10 rings (SSSR count). The SMILES string of the molecule is Fc1cc(F)cc(N(c2ccccc2)c2ccc3sc4cc5c(cc4c3c2)C2(c3ccccc3S5)c3ccccc3-c3ccccc32)c1. The van der Waals surface area contributed by atoms with Crippen molar-refractivity contribution in [1.29, 1.82) is 0 Å². The van der Waals surface area contributed by atoms with Crippen LogP contribution in [0.1, 0.15) is 22.3 Å². The molecule has 1 nitrogen and oxygen atoms in total. The number of rotatable bonds is 3. The van der Waals surface area contributed by atoms with Crippen LogP contribution in [-0.4, -0.2) is 0 Å². The van der Waals surface area contributed by atoms with Crippen molar-refractivity contribution in [2.45, 2.75) is 15.2 Å². The van der Waals surface area contributed by atoms with Gasteiger partial charge in [-0.05, 0) is 94.0 Å². The van der Waals surface area contributed by atoms with E-state index in [0.29, 0.717) is 5.69 Å². The third-order valence-electron chi connectivity index (χ3n) is 9.80. The first kappa shape index (κ1) is 27.8. The number of para-hydroxylation sites is 1. The molecule has 2 aliphatic rings. The van der Waals surface area contributed by atoms with Crippen molar-refractivity contribution in [3.8, 4) is 11.1 Å². The van der Waals surface area contributed by atoms with Gasteiger partial charge in [-0.3, -0.25) is 0 Å². The lowest BCUT2D eigenvalue weighted by molar-refractivity contribution is 0.584. The molecule has 1 aliphatic carbocycles. The van der Waals surface area contributed by atoms with E-state index in [4.69, 9.17) is 0 Å². The first-order valence-corrected chi connectivity index (χ1v) is 17.5. The molecule has 228 valence electrons. The zero-order valence-corrected chi connectivity index (χ0v) is 27.1. The number of hydrogen-bond acceptors (Lipinski definition) is 3. The number of fused-ring (bicyclic) bond motifs is 12. The highest BCUT2D eigenvalue weighted by Crippen LogP contribution is 2.63. The van der Waals surface area contributed by atoms with Crippen LogP contribution in [-0.2, 0) is 5.41 Å². The van der Waals surface area contributed by atoms with Crippen molar-refractivity contribution >= 4 is 60.3 Å². The standard InChI is InChI=1S/C43H25F2NS2/c44-26-20-27(45)22-30(21-26)46(28-10-2-1-3-11-28)29-18-19-39-33(23-29)34-24-38-42(25-41(34)47-39)48-40-17-9-8-16-37(40)43(38)35-14-6-4-12-31(35)32-13-5-7-15-36(32)43/h1-25H. The van der Waals surface area contributed by atoms with Crippen LogP contribution in [0.2, 0.25) is 0 Å². The van der Waals surface area contributed by atoms with Crippen molar-refractivity contribution < 1.29 is 8.78 Å². The van der Waals surface area contributed by atoms with Gasteiger partial charge >= 0.3 is 0 Å². The van der Waals surface area contributed by atoms with E-state index in [1.807, 2.05) is 53.1 Å². The normalized spacial score (nSPS) is 13.7. The summed E-state index contributed by atoms with van der Waals surface area (Å²) < 4.78 is 31.6. The van der Waals surface area contributed by atoms with Crippen molar-refractivity contribution in [3.63, 3.8) is 0 Å². The first-order valence-electron chi connectivity index (χ1n) is 15.9. The molecule has 1 spiro atoms. The van der Waals surface area contributed by atoms with Crippen LogP contribution < -0.4 is 4.90 Å². The van der Waals surface area contributed by atoms with Crippen LogP contribution in [0.3, 0.4) is 0 Å². The fourth-order valence-corrected chi connectivity index (χ4v) is 10.3. The molecule has 0 unspecified atom stereocenters. The van der Waals surface area contributed by atoms with Crippen LogP contribution in [0.25, 0.3) is 31.3 Å². The van der Waals surface area contributed by atoms with Crippen molar-refractivity contribution in [2.75, 3.05) is 4.90 Å². The second kappa shape index (κ2) is 10.4. The van der Waals surface area contributed by atoms with Gasteiger partial charge in [-0.2, -0.15) is 0 Å². The summed E-state index contributed by atoms with van der Waals surface area (Å²) in [6.07, 6.45) is 0. The number of halogens is 2. The maximum absolute atomic E-state index is 14.6. The van der Waals surface area contributed by atoms with Gasteiger partial charge in [0.05, 0.1) is 11.1 Å². The Morgan fingerprint density at radius 1 is 0.438 bits per heavy atom. The fraction of sp³-hybridized carbons (Fsp3) is 0.0233. The summed E-state index contributed by atoms with van der Waals surface area (Å²) in [4.78, 5) is 4.46. The van der Waals surface area contributed by atoms with Crippen molar-refractivity contribution in [3.05, 3.63) is 186 Å². The highest BCUT2D eigenvalue weighted by molar-refractivity contribution is 7.99. The van der Waals surface area contributed by atoms with Crippen LogP contribution in [0.4, 0.5) is 25.8 Å². The maximum Gasteiger partial charge on any atom is 0.128 e. The minimum absolute atomic E-state index is 0.432. The minimum Gasteiger partial charge on any atom is -0.310 e. The van der Waals surface area contributed by atoms with E-state index in [1.165, 1.54) is 70.1 Å². The Kier molecular flexibility index (Phi) is 6.02. The van der Waals surface area contributed by atoms with E-state index in [1.54, 1.807) is 11.3 Å². The molecule has 0 N–H and O–H groups in total. The zero-order valence-electron chi connectivity index (χ0n) is 25.5. The molecule has 5 heteroatoms. The molecule has 1 aliphatic heterocycles. The molecule has 0 amide bonds. The lowest BCUT2D eigenvalue weighted by Crippen LogP contribution is -2.31. The molecule has 7 aromatic carbocycles. The molecule has 0 saturated heterocycles. The quantitative estimate of drug-likeness (QED) is 0.186. The van der Waals surface area contributed by atoms with Gasteiger partial charge in [0.25, 0.3) is 0 Å². The monoisotopic (exact) mass is 657 g/mol. The second-order valence-corrected chi connectivity index (χ2v) is 14.5. The Bertz CT molecular complexity index is 2520. The van der Waals surface area contributed by atoms with Crippen molar-refractivity contribution in [1.82, 2.24) is 0 Å². The highest BCUT2D eigenvalue weighted by atomic mass is 32.2. The maximum atomic E-state index is 14.6. The number of thiophene rings is 1. The van der Waals surface area contributed by atoms with E-state index in [9.17, 15) is 8.78 Å². The summed E-state index contributed by atoms with van der Waals surface area (Å²) in [6.45, 7) is 0. The molecule has 0 bridgehead atoms. The Morgan fingerprint density at radius 2 is 1.06 bits per heavy atom. The molecule has 2 heterocycles. The van der Waals surface area contributed by atoms with E-state index in [-0.39, 0.29) is 0 Å². The van der Waals surface area contributed by atoms with Crippen LogP contribution in [0, 0.1) is 11.6 Å². The van der Waals surface area contributed by atoms with Gasteiger partial charge in [0.1, 0.15) is 11.6 Å². The lowest BCUT2D eigenvalue weighted by atomic mass is 9.67. The molecule has 48 heavy (non-hydrogen) atoms. The Morgan fingerprint density at radius 3 is 1.79 bits per heavy atom. The molecule has 0 saturated carbocycles. The highest BCUT2D eigenvalue weighted by Gasteiger charge is 2.50. The molecule has 0 atom stereocenters. The average Bonchev–Trinajstić information content (AvgIpc) is 3.61. The molecule has 0 radical (unpaired) electrons. The van der Waals surface area contributed by atoms with Gasteiger partial charge in [-0.15, -0.1) is 11.3 Å².